The van der Waals surface area contributed by atoms with Gasteiger partial charge in [-0.15, -0.1) is 12.4 Å². The van der Waals surface area contributed by atoms with Crippen molar-refractivity contribution in [3.8, 4) is 5.75 Å². The number of rotatable bonds is 6. The summed E-state index contributed by atoms with van der Waals surface area (Å²) in [5, 5.41) is 2.46. The Morgan fingerprint density at radius 1 is 1.17 bits per heavy atom. The molecule has 8 heteroatoms. The molecule has 30 heavy (non-hydrogen) atoms. The lowest BCUT2D eigenvalue weighted by Gasteiger charge is -2.34. The van der Waals surface area contributed by atoms with E-state index in [1.54, 1.807) is 41.3 Å². The van der Waals surface area contributed by atoms with Gasteiger partial charge in [0.15, 0.2) is 6.61 Å². The van der Waals surface area contributed by atoms with Crippen LogP contribution in [0.3, 0.4) is 0 Å². The Labute approximate surface area is 182 Å². The summed E-state index contributed by atoms with van der Waals surface area (Å²) in [5.74, 6) is -0.400. The van der Waals surface area contributed by atoms with Crippen LogP contribution in [0, 0.1) is 11.7 Å². The number of nitrogens with zero attached hydrogens (tertiary/aromatic N) is 1. The largest absolute Gasteiger partial charge is 0.483 e. The lowest BCUT2D eigenvalue weighted by molar-refractivity contribution is -0.118. The van der Waals surface area contributed by atoms with Crippen LogP contribution in [0.4, 0.5) is 10.1 Å². The topological polar surface area (TPSA) is 84.7 Å². The molecule has 0 radical (unpaired) electrons. The molecular weight excluding hydrogens is 409 g/mol. The van der Waals surface area contributed by atoms with Crippen LogP contribution in [0.5, 0.6) is 5.75 Å². The molecule has 0 aliphatic carbocycles. The van der Waals surface area contributed by atoms with Crippen molar-refractivity contribution in [2.24, 2.45) is 11.7 Å². The van der Waals surface area contributed by atoms with Gasteiger partial charge in [-0.3, -0.25) is 9.59 Å². The zero-order chi connectivity index (χ0) is 20.8. The molecule has 2 aromatic carbocycles. The monoisotopic (exact) mass is 435 g/mol. The van der Waals surface area contributed by atoms with Gasteiger partial charge in [0.1, 0.15) is 11.6 Å². The molecule has 2 amide bonds. The van der Waals surface area contributed by atoms with Gasteiger partial charge in [0, 0.05) is 19.1 Å². The third kappa shape index (κ3) is 5.93. The second-order valence-electron chi connectivity index (χ2n) is 7.30. The zero-order valence-corrected chi connectivity index (χ0v) is 17.7. The minimum absolute atomic E-state index is 0. The van der Waals surface area contributed by atoms with E-state index in [1.165, 1.54) is 12.1 Å². The number of ether oxygens (including phenoxy) is 1. The number of anilines is 1. The number of piperidine rings is 1. The zero-order valence-electron chi connectivity index (χ0n) is 16.8. The number of carbonyl (C=O) groups excluding carboxylic acids is 2. The molecule has 1 atom stereocenters. The second-order valence-corrected chi connectivity index (χ2v) is 7.30. The first-order chi connectivity index (χ1) is 14.0. The Hall–Kier alpha value is -2.64. The fraction of sp³-hybridized carbons (Fsp3) is 0.364. The van der Waals surface area contributed by atoms with Crippen LogP contribution in [0.2, 0.25) is 0 Å². The average molecular weight is 436 g/mol. The molecule has 3 rings (SSSR count). The quantitative estimate of drug-likeness (QED) is 0.727. The fourth-order valence-corrected chi connectivity index (χ4v) is 3.46. The van der Waals surface area contributed by atoms with Crippen molar-refractivity contribution in [1.82, 2.24) is 4.90 Å². The lowest BCUT2D eigenvalue weighted by atomic mass is 9.90. The SMILES string of the molecule is CC(N)C1CCN(C(=O)c2ccccc2OCC(=O)Nc2ccccc2F)CC1.Cl. The smallest absolute Gasteiger partial charge is 0.262 e. The number of benzene rings is 2. The molecule has 0 saturated carbocycles. The van der Waals surface area contributed by atoms with Crippen molar-refractivity contribution >= 4 is 29.9 Å². The summed E-state index contributed by atoms with van der Waals surface area (Å²) < 4.78 is 19.2. The van der Waals surface area contributed by atoms with E-state index in [0.717, 1.165) is 12.8 Å². The van der Waals surface area contributed by atoms with Crippen molar-refractivity contribution in [1.29, 1.82) is 0 Å². The third-order valence-corrected chi connectivity index (χ3v) is 5.19. The highest BCUT2D eigenvalue weighted by Crippen LogP contribution is 2.25. The van der Waals surface area contributed by atoms with Crippen molar-refractivity contribution in [2.45, 2.75) is 25.8 Å². The molecule has 1 heterocycles. The molecule has 0 spiro atoms. The molecule has 1 fully saturated rings. The summed E-state index contributed by atoms with van der Waals surface area (Å²) in [4.78, 5) is 26.8. The van der Waals surface area contributed by atoms with Gasteiger partial charge in [0.05, 0.1) is 11.3 Å². The molecule has 2 aromatic rings. The van der Waals surface area contributed by atoms with Crippen LogP contribution in [0.15, 0.2) is 48.5 Å². The number of halogens is 2. The highest BCUT2D eigenvalue weighted by molar-refractivity contribution is 5.97. The van der Waals surface area contributed by atoms with Crippen LogP contribution >= 0.6 is 12.4 Å². The van der Waals surface area contributed by atoms with Gasteiger partial charge in [0.25, 0.3) is 11.8 Å². The molecular formula is C22H27ClFN3O3. The average Bonchev–Trinajstić information content (AvgIpc) is 2.73. The highest BCUT2D eigenvalue weighted by atomic mass is 35.5. The minimum atomic E-state index is -0.522. The molecule has 1 aliphatic rings. The van der Waals surface area contributed by atoms with E-state index in [2.05, 4.69) is 5.32 Å². The number of nitrogens with two attached hydrogens (primary N) is 1. The molecule has 6 nitrogen and oxygen atoms in total. The third-order valence-electron chi connectivity index (χ3n) is 5.19. The van der Waals surface area contributed by atoms with Crippen LogP contribution in [-0.2, 0) is 4.79 Å². The first-order valence-electron chi connectivity index (χ1n) is 9.76. The summed E-state index contributed by atoms with van der Waals surface area (Å²) in [6, 6.07) is 12.9. The predicted octanol–water partition coefficient (Wildman–Crippen LogP) is 3.46. The van der Waals surface area contributed by atoms with E-state index in [4.69, 9.17) is 10.5 Å². The number of amides is 2. The lowest BCUT2D eigenvalue weighted by Crippen LogP contribution is -2.42. The van der Waals surface area contributed by atoms with Crippen LogP contribution in [0.25, 0.3) is 0 Å². The highest BCUT2D eigenvalue weighted by Gasteiger charge is 2.27. The minimum Gasteiger partial charge on any atom is -0.483 e. The number of para-hydroxylation sites is 2. The van der Waals surface area contributed by atoms with Crippen molar-refractivity contribution < 1.29 is 18.7 Å². The standard InChI is InChI=1S/C22H26FN3O3.ClH/c1-15(24)16-10-12-26(13-11-16)22(28)17-6-2-5-9-20(17)29-14-21(27)25-19-8-4-3-7-18(19)23;/h2-9,15-16H,10-14,24H2,1H3,(H,25,27);1H. The molecule has 162 valence electrons. The van der Waals surface area contributed by atoms with E-state index in [1.807, 2.05) is 6.92 Å². The first-order valence-corrected chi connectivity index (χ1v) is 9.76. The number of hydrogen-bond donors (Lipinski definition) is 2. The summed E-state index contributed by atoms with van der Waals surface area (Å²) in [5.41, 5.74) is 6.46. The van der Waals surface area contributed by atoms with E-state index >= 15 is 0 Å². The molecule has 0 bridgehead atoms. The van der Waals surface area contributed by atoms with Gasteiger partial charge in [-0.05, 0) is 49.9 Å². The Kier molecular flexibility index (Phi) is 8.62. The Morgan fingerprint density at radius 2 is 1.80 bits per heavy atom. The summed E-state index contributed by atoms with van der Waals surface area (Å²) in [6.45, 7) is 2.96. The molecule has 0 aromatic heterocycles. The van der Waals surface area contributed by atoms with Gasteiger partial charge in [-0.25, -0.2) is 4.39 Å². The normalized spacial score (nSPS) is 15.1. The Balaban J connectivity index is 0.00000320. The maximum atomic E-state index is 13.7. The maximum Gasteiger partial charge on any atom is 0.262 e. The summed E-state index contributed by atoms with van der Waals surface area (Å²) in [6.07, 6.45) is 1.74. The predicted molar refractivity (Wildman–Crippen MR) is 116 cm³/mol. The van der Waals surface area contributed by atoms with Crippen molar-refractivity contribution in [3.63, 3.8) is 0 Å². The van der Waals surface area contributed by atoms with E-state index in [0.29, 0.717) is 30.3 Å². The van der Waals surface area contributed by atoms with Gasteiger partial charge in [-0.2, -0.15) is 0 Å². The van der Waals surface area contributed by atoms with E-state index < -0.39 is 11.7 Å². The molecule has 1 saturated heterocycles. The molecule has 3 N–H and O–H groups in total. The van der Waals surface area contributed by atoms with Crippen LogP contribution in [-0.4, -0.2) is 42.5 Å². The number of hydrogen-bond acceptors (Lipinski definition) is 4. The fourth-order valence-electron chi connectivity index (χ4n) is 3.46. The van der Waals surface area contributed by atoms with Crippen LogP contribution in [0.1, 0.15) is 30.1 Å². The number of nitrogens with one attached hydrogen (secondary N) is 1. The second kappa shape index (κ2) is 10.9. The number of likely N-dealkylation sites (tertiary alicyclic amines) is 1. The van der Waals surface area contributed by atoms with Crippen molar-refractivity contribution in [2.75, 3.05) is 25.0 Å². The Bertz CT molecular complexity index is 870. The van der Waals surface area contributed by atoms with Gasteiger partial charge in [-0.1, -0.05) is 24.3 Å². The van der Waals surface area contributed by atoms with Crippen molar-refractivity contribution in [3.05, 3.63) is 59.9 Å². The van der Waals surface area contributed by atoms with E-state index in [-0.39, 0.29) is 36.7 Å². The Morgan fingerprint density at radius 3 is 2.47 bits per heavy atom. The van der Waals surface area contributed by atoms with E-state index in [9.17, 15) is 14.0 Å². The summed E-state index contributed by atoms with van der Waals surface area (Å²) >= 11 is 0. The van der Waals surface area contributed by atoms with Crippen LogP contribution < -0.4 is 15.8 Å². The molecule has 1 aliphatic heterocycles. The maximum absolute atomic E-state index is 13.7. The van der Waals surface area contributed by atoms with Gasteiger partial charge in [0.2, 0.25) is 0 Å². The molecule has 1 unspecified atom stereocenters. The first kappa shape index (κ1) is 23.6. The van der Waals surface area contributed by atoms with Gasteiger partial charge >= 0.3 is 0 Å². The summed E-state index contributed by atoms with van der Waals surface area (Å²) in [7, 11) is 0. The van der Waals surface area contributed by atoms with Gasteiger partial charge < -0.3 is 20.7 Å². The number of carbonyl (C=O) groups is 2.